The second-order valence-corrected chi connectivity index (χ2v) is 5.73. The van der Waals surface area contributed by atoms with Crippen LogP contribution in [0.5, 0.6) is 0 Å². The number of hydrogen-bond donors (Lipinski definition) is 1. The van der Waals surface area contributed by atoms with Gasteiger partial charge in [-0.05, 0) is 41.2 Å². The van der Waals surface area contributed by atoms with Gasteiger partial charge in [0.2, 0.25) is 0 Å². The summed E-state index contributed by atoms with van der Waals surface area (Å²) in [4.78, 5) is 11.4. The van der Waals surface area contributed by atoms with E-state index in [1.165, 1.54) is 11.6 Å². The van der Waals surface area contributed by atoms with Gasteiger partial charge in [-0.25, -0.2) is 4.79 Å². The van der Waals surface area contributed by atoms with Crippen molar-refractivity contribution in [2.24, 2.45) is 5.92 Å². The summed E-state index contributed by atoms with van der Waals surface area (Å²) in [6.07, 6.45) is 0.976. The van der Waals surface area contributed by atoms with Crippen LogP contribution in [0.15, 0.2) is 42.5 Å². The Bertz CT molecular complexity index is 633. The normalized spacial score (nSPS) is 10.8. The Kier molecular flexibility index (Phi) is 4.46. The van der Waals surface area contributed by atoms with Crippen LogP contribution in [0.1, 0.15) is 29.8 Å². The van der Waals surface area contributed by atoms with Gasteiger partial charge < -0.3 is 5.11 Å². The van der Waals surface area contributed by atoms with Gasteiger partial charge in [0.05, 0.1) is 5.56 Å². The number of carboxylic acids is 1. The van der Waals surface area contributed by atoms with Gasteiger partial charge in [0.25, 0.3) is 0 Å². The fourth-order valence-electron chi connectivity index (χ4n) is 2.28. The van der Waals surface area contributed by atoms with Crippen molar-refractivity contribution in [3.8, 4) is 11.1 Å². The van der Waals surface area contributed by atoms with Gasteiger partial charge in [0.1, 0.15) is 0 Å². The average Bonchev–Trinajstić information content (AvgIpc) is 2.38. The summed E-state index contributed by atoms with van der Waals surface area (Å²) in [6, 6.07) is 13.0. The van der Waals surface area contributed by atoms with E-state index in [4.69, 9.17) is 11.6 Å². The maximum Gasteiger partial charge on any atom is 0.336 e. The molecule has 2 rings (SSSR count). The Morgan fingerprint density at radius 3 is 2.60 bits per heavy atom. The molecule has 0 atom stereocenters. The van der Waals surface area contributed by atoms with E-state index in [-0.39, 0.29) is 5.56 Å². The number of aromatic carboxylic acids is 1. The number of hydrogen-bond acceptors (Lipinski definition) is 1. The minimum absolute atomic E-state index is 0.235. The molecule has 2 aromatic rings. The van der Waals surface area contributed by atoms with E-state index in [9.17, 15) is 9.90 Å². The van der Waals surface area contributed by atoms with E-state index in [1.807, 2.05) is 12.1 Å². The van der Waals surface area contributed by atoms with Gasteiger partial charge in [0.15, 0.2) is 0 Å². The van der Waals surface area contributed by atoms with Crippen LogP contribution in [0, 0.1) is 5.92 Å². The molecule has 20 heavy (non-hydrogen) atoms. The quantitative estimate of drug-likeness (QED) is 0.868. The Morgan fingerprint density at radius 1 is 1.20 bits per heavy atom. The van der Waals surface area contributed by atoms with E-state index in [1.54, 1.807) is 12.1 Å². The van der Waals surface area contributed by atoms with Crippen LogP contribution in [0.25, 0.3) is 11.1 Å². The first kappa shape index (κ1) is 14.6. The minimum Gasteiger partial charge on any atom is -0.478 e. The third kappa shape index (κ3) is 3.40. The second kappa shape index (κ2) is 6.10. The van der Waals surface area contributed by atoms with Gasteiger partial charge >= 0.3 is 5.97 Å². The zero-order valence-electron chi connectivity index (χ0n) is 11.6. The molecular formula is C17H17ClO2. The summed E-state index contributed by atoms with van der Waals surface area (Å²) in [5, 5.41) is 9.74. The molecule has 0 fully saturated rings. The van der Waals surface area contributed by atoms with E-state index in [0.29, 0.717) is 16.5 Å². The van der Waals surface area contributed by atoms with Gasteiger partial charge in [0, 0.05) is 5.02 Å². The van der Waals surface area contributed by atoms with Crippen LogP contribution < -0.4 is 0 Å². The maximum absolute atomic E-state index is 11.4. The maximum atomic E-state index is 11.4. The van der Waals surface area contributed by atoms with Gasteiger partial charge in [-0.15, -0.1) is 0 Å². The van der Waals surface area contributed by atoms with Crippen LogP contribution in [-0.2, 0) is 6.42 Å². The molecule has 3 heteroatoms. The first-order chi connectivity index (χ1) is 9.47. The Balaban J connectivity index is 2.48. The molecule has 0 heterocycles. The fraction of sp³-hybridized carbons (Fsp3) is 0.235. The van der Waals surface area contributed by atoms with E-state index in [0.717, 1.165) is 12.0 Å². The summed E-state index contributed by atoms with van der Waals surface area (Å²) in [7, 11) is 0. The molecule has 2 aromatic carbocycles. The lowest BCUT2D eigenvalue weighted by atomic mass is 9.95. The zero-order valence-corrected chi connectivity index (χ0v) is 12.3. The molecule has 2 nitrogen and oxygen atoms in total. The summed E-state index contributed by atoms with van der Waals surface area (Å²) in [5.41, 5.74) is 3.06. The first-order valence-corrected chi connectivity index (χ1v) is 6.97. The Hall–Kier alpha value is -1.80. The first-order valence-electron chi connectivity index (χ1n) is 6.59. The van der Waals surface area contributed by atoms with Crippen molar-refractivity contribution < 1.29 is 9.90 Å². The number of benzene rings is 2. The number of carboxylic acid groups (broad SMARTS) is 1. The van der Waals surface area contributed by atoms with Crippen molar-refractivity contribution in [2.45, 2.75) is 20.3 Å². The van der Waals surface area contributed by atoms with Gasteiger partial charge in [-0.1, -0.05) is 55.8 Å². The monoisotopic (exact) mass is 288 g/mol. The summed E-state index contributed by atoms with van der Waals surface area (Å²) >= 11 is 5.89. The molecule has 0 unspecified atom stereocenters. The molecule has 0 bridgehead atoms. The van der Waals surface area contributed by atoms with Crippen molar-refractivity contribution in [3.63, 3.8) is 0 Å². The molecule has 0 aromatic heterocycles. The van der Waals surface area contributed by atoms with Crippen LogP contribution in [0.3, 0.4) is 0 Å². The van der Waals surface area contributed by atoms with Crippen molar-refractivity contribution in [1.29, 1.82) is 0 Å². The SMILES string of the molecule is CC(C)Cc1cccc(-c2ccc(Cl)cc2C(=O)O)c1. The Morgan fingerprint density at radius 2 is 1.95 bits per heavy atom. The van der Waals surface area contributed by atoms with Crippen molar-refractivity contribution in [2.75, 3.05) is 0 Å². The molecule has 0 radical (unpaired) electrons. The van der Waals surface area contributed by atoms with Crippen LogP contribution in [0.4, 0.5) is 0 Å². The molecule has 0 spiro atoms. The molecule has 0 aliphatic rings. The van der Waals surface area contributed by atoms with E-state index >= 15 is 0 Å². The van der Waals surface area contributed by atoms with Crippen molar-refractivity contribution >= 4 is 17.6 Å². The van der Waals surface area contributed by atoms with Gasteiger partial charge in [-0.3, -0.25) is 0 Å². The van der Waals surface area contributed by atoms with Crippen LogP contribution >= 0.6 is 11.6 Å². The van der Waals surface area contributed by atoms with Crippen molar-refractivity contribution in [1.82, 2.24) is 0 Å². The number of rotatable bonds is 4. The lowest BCUT2D eigenvalue weighted by molar-refractivity contribution is 0.0697. The molecule has 0 aliphatic carbocycles. The smallest absolute Gasteiger partial charge is 0.336 e. The predicted octanol–water partition coefficient (Wildman–Crippen LogP) is 4.90. The highest BCUT2D eigenvalue weighted by Crippen LogP contribution is 2.27. The third-order valence-corrected chi connectivity index (χ3v) is 3.33. The van der Waals surface area contributed by atoms with Crippen molar-refractivity contribution in [3.05, 3.63) is 58.6 Å². The topological polar surface area (TPSA) is 37.3 Å². The third-order valence-electron chi connectivity index (χ3n) is 3.09. The summed E-state index contributed by atoms with van der Waals surface area (Å²) < 4.78 is 0. The highest BCUT2D eigenvalue weighted by atomic mass is 35.5. The lowest BCUT2D eigenvalue weighted by Crippen LogP contribution is -2.00. The standard InChI is InChI=1S/C17H17ClO2/c1-11(2)8-12-4-3-5-13(9-12)15-7-6-14(18)10-16(15)17(19)20/h3-7,9-11H,8H2,1-2H3,(H,19,20). The summed E-state index contributed by atoms with van der Waals surface area (Å²) in [5.74, 6) is -0.397. The average molecular weight is 289 g/mol. The highest BCUT2D eigenvalue weighted by Gasteiger charge is 2.12. The molecule has 0 saturated carbocycles. The fourth-order valence-corrected chi connectivity index (χ4v) is 2.45. The van der Waals surface area contributed by atoms with E-state index < -0.39 is 5.97 Å². The molecule has 0 amide bonds. The van der Waals surface area contributed by atoms with Crippen LogP contribution in [0.2, 0.25) is 5.02 Å². The molecular weight excluding hydrogens is 272 g/mol. The number of halogens is 1. The van der Waals surface area contributed by atoms with E-state index in [2.05, 4.69) is 26.0 Å². The minimum atomic E-state index is -0.961. The predicted molar refractivity (Wildman–Crippen MR) is 82.4 cm³/mol. The lowest BCUT2D eigenvalue weighted by Gasteiger charge is -2.10. The molecule has 1 N–H and O–H groups in total. The largest absolute Gasteiger partial charge is 0.478 e. The molecule has 0 saturated heterocycles. The van der Waals surface area contributed by atoms with Gasteiger partial charge in [-0.2, -0.15) is 0 Å². The summed E-state index contributed by atoms with van der Waals surface area (Å²) in [6.45, 7) is 4.33. The highest BCUT2D eigenvalue weighted by molar-refractivity contribution is 6.31. The second-order valence-electron chi connectivity index (χ2n) is 5.29. The molecule has 104 valence electrons. The number of carbonyl (C=O) groups is 1. The Labute approximate surface area is 124 Å². The zero-order chi connectivity index (χ0) is 14.7. The molecule has 0 aliphatic heterocycles. The van der Waals surface area contributed by atoms with Crippen LogP contribution in [-0.4, -0.2) is 11.1 Å².